The number of amides is 2. The van der Waals surface area contributed by atoms with E-state index in [1.54, 1.807) is 17.0 Å². The standard InChI is InChI=1S/C19H17F3N2O2S/c20-19(21,22)13-4-1-3-12(9-13)18(26)24-10-11-7-14(15(24)8-11)23-17(25)16-5-2-6-27-16/h1-6,9,11,14-15H,7-8,10H2,(H,23,25). The lowest BCUT2D eigenvalue weighted by molar-refractivity contribution is -0.137. The summed E-state index contributed by atoms with van der Waals surface area (Å²) in [7, 11) is 0. The van der Waals surface area contributed by atoms with Crippen molar-refractivity contribution in [3.63, 3.8) is 0 Å². The lowest BCUT2D eigenvalue weighted by atomic mass is 10.0. The molecule has 1 aliphatic heterocycles. The molecule has 4 nitrogen and oxygen atoms in total. The van der Waals surface area contributed by atoms with E-state index in [-0.39, 0.29) is 29.5 Å². The van der Waals surface area contributed by atoms with Crippen molar-refractivity contribution in [2.24, 2.45) is 5.92 Å². The SMILES string of the molecule is O=C(NC1CC2CC1N(C(=O)c1cccc(C(F)(F)F)c1)C2)c1cccs1. The average molecular weight is 394 g/mol. The molecular formula is C19H17F3N2O2S. The van der Waals surface area contributed by atoms with Gasteiger partial charge in [0.1, 0.15) is 0 Å². The number of fused-ring (bicyclic) bond motifs is 2. The van der Waals surface area contributed by atoms with Crippen LogP contribution in [-0.2, 0) is 6.18 Å². The van der Waals surface area contributed by atoms with Gasteiger partial charge >= 0.3 is 6.18 Å². The summed E-state index contributed by atoms with van der Waals surface area (Å²) in [5, 5.41) is 4.80. The van der Waals surface area contributed by atoms with Crippen molar-refractivity contribution in [3.8, 4) is 0 Å². The second-order valence-corrected chi connectivity index (χ2v) is 7.95. The highest BCUT2D eigenvalue weighted by Gasteiger charge is 2.47. The molecule has 142 valence electrons. The van der Waals surface area contributed by atoms with Crippen LogP contribution < -0.4 is 5.32 Å². The van der Waals surface area contributed by atoms with Crippen LogP contribution in [0.4, 0.5) is 13.2 Å². The molecule has 1 aliphatic carbocycles. The molecule has 1 saturated carbocycles. The second-order valence-electron chi connectivity index (χ2n) is 7.00. The van der Waals surface area contributed by atoms with E-state index < -0.39 is 17.6 Å². The van der Waals surface area contributed by atoms with Crippen LogP contribution >= 0.6 is 11.3 Å². The van der Waals surface area contributed by atoms with Gasteiger partial charge in [-0.1, -0.05) is 12.1 Å². The summed E-state index contributed by atoms with van der Waals surface area (Å²) < 4.78 is 38.8. The van der Waals surface area contributed by atoms with Gasteiger partial charge in [-0.15, -0.1) is 11.3 Å². The molecule has 3 unspecified atom stereocenters. The maximum atomic E-state index is 12.9. The highest BCUT2D eigenvalue weighted by molar-refractivity contribution is 7.12. The van der Waals surface area contributed by atoms with Crippen LogP contribution in [0.15, 0.2) is 41.8 Å². The predicted octanol–water partition coefficient (Wildman–Crippen LogP) is 3.80. The number of alkyl halides is 3. The molecule has 8 heteroatoms. The van der Waals surface area contributed by atoms with E-state index in [1.165, 1.54) is 23.5 Å². The van der Waals surface area contributed by atoms with Gasteiger partial charge in [0.05, 0.1) is 16.5 Å². The number of carbonyl (C=O) groups excluding carboxylic acids is 2. The van der Waals surface area contributed by atoms with E-state index in [9.17, 15) is 22.8 Å². The smallest absolute Gasteiger partial charge is 0.347 e. The summed E-state index contributed by atoms with van der Waals surface area (Å²) in [6.07, 6.45) is -2.94. The molecule has 2 heterocycles. The van der Waals surface area contributed by atoms with Gasteiger partial charge in [-0.05, 0) is 48.4 Å². The van der Waals surface area contributed by atoms with Crippen LogP contribution in [0.1, 0.15) is 38.4 Å². The fourth-order valence-electron chi connectivity index (χ4n) is 4.06. The molecular weight excluding hydrogens is 377 g/mol. The van der Waals surface area contributed by atoms with Gasteiger partial charge in [-0.2, -0.15) is 13.2 Å². The Balaban J connectivity index is 1.50. The molecule has 3 atom stereocenters. The third kappa shape index (κ3) is 3.45. The first-order valence-corrected chi connectivity index (χ1v) is 9.53. The van der Waals surface area contributed by atoms with Crippen molar-refractivity contribution in [1.82, 2.24) is 10.2 Å². The van der Waals surface area contributed by atoms with Crippen molar-refractivity contribution < 1.29 is 22.8 Å². The number of piperidine rings is 1. The maximum absolute atomic E-state index is 12.9. The third-order valence-corrected chi connectivity index (χ3v) is 6.11. The van der Waals surface area contributed by atoms with E-state index in [2.05, 4.69) is 5.32 Å². The predicted molar refractivity (Wildman–Crippen MR) is 94.6 cm³/mol. The van der Waals surface area contributed by atoms with E-state index in [1.807, 2.05) is 5.38 Å². The van der Waals surface area contributed by atoms with Gasteiger partial charge in [-0.3, -0.25) is 9.59 Å². The summed E-state index contributed by atoms with van der Waals surface area (Å²) in [6, 6.07) is 7.69. The normalized spacial score (nSPS) is 24.3. The van der Waals surface area contributed by atoms with Gasteiger partial charge in [0, 0.05) is 18.2 Å². The lowest BCUT2D eigenvalue weighted by Crippen LogP contribution is -2.51. The Morgan fingerprint density at radius 2 is 1.96 bits per heavy atom. The van der Waals surface area contributed by atoms with Crippen LogP contribution in [0.2, 0.25) is 0 Å². The van der Waals surface area contributed by atoms with E-state index in [0.717, 1.165) is 25.0 Å². The van der Waals surface area contributed by atoms with Crippen molar-refractivity contribution in [2.75, 3.05) is 6.54 Å². The fourth-order valence-corrected chi connectivity index (χ4v) is 4.68. The second kappa shape index (κ2) is 6.67. The average Bonchev–Trinajstić information content (AvgIpc) is 3.37. The Labute approximate surface area is 158 Å². The number of halogens is 3. The fraction of sp³-hybridized carbons (Fsp3) is 0.368. The van der Waals surface area contributed by atoms with Crippen LogP contribution in [0.25, 0.3) is 0 Å². The first kappa shape index (κ1) is 18.0. The van der Waals surface area contributed by atoms with Gasteiger partial charge in [0.25, 0.3) is 11.8 Å². The van der Waals surface area contributed by atoms with Crippen molar-refractivity contribution in [2.45, 2.75) is 31.1 Å². The summed E-state index contributed by atoms with van der Waals surface area (Å²) in [6.45, 7) is 0.519. The first-order valence-electron chi connectivity index (χ1n) is 8.65. The number of carbonyl (C=O) groups is 2. The zero-order valence-corrected chi connectivity index (χ0v) is 15.0. The Morgan fingerprint density at radius 3 is 2.63 bits per heavy atom. The molecule has 2 aromatic rings. The Hall–Kier alpha value is -2.35. The number of rotatable bonds is 3. The first-order chi connectivity index (χ1) is 12.8. The molecule has 2 bridgehead atoms. The minimum Gasteiger partial charge on any atom is -0.347 e. The highest BCUT2D eigenvalue weighted by atomic mass is 32.1. The van der Waals surface area contributed by atoms with Gasteiger partial charge in [-0.25, -0.2) is 0 Å². The highest BCUT2D eigenvalue weighted by Crippen LogP contribution is 2.39. The van der Waals surface area contributed by atoms with E-state index in [0.29, 0.717) is 11.4 Å². The minimum absolute atomic E-state index is 0.0284. The van der Waals surface area contributed by atoms with E-state index >= 15 is 0 Å². The zero-order chi connectivity index (χ0) is 19.2. The van der Waals surface area contributed by atoms with Crippen LogP contribution in [-0.4, -0.2) is 35.3 Å². The summed E-state index contributed by atoms with van der Waals surface area (Å²) >= 11 is 1.34. The molecule has 2 aliphatic rings. The molecule has 0 radical (unpaired) electrons. The van der Waals surface area contributed by atoms with Crippen LogP contribution in [0, 0.1) is 5.92 Å². The molecule has 2 amide bonds. The third-order valence-electron chi connectivity index (χ3n) is 5.24. The molecule has 2 fully saturated rings. The topological polar surface area (TPSA) is 49.4 Å². The number of hydrogen-bond donors (Lipinski definition) is 1. The lowest BCUT2D eigenvalue weighted by Gasteiger charge is -2.33. The number of nitrogens with zero attached hydrogens (tertiary/aromatic N) is 1. The minimum atomic E-state index is -4.49. The molecule has 27 heavy (non-hydrogen) atoms. The van der Waals surface area contributed by atoms with Gasteiger partial charge < -0.3 is 10.2 Å². The number of benzene rings is 1. The molecule has 1 saturated heterocycles. The number of nitrogens with one attached hydrogen (secondary N) is 1. The largest absolute Gasteiger partial charge is 0.416 e. The van der Waals surface area contributed by atoms with Crippen LogP contribution in [0.3, 0.4) is 0 Å². The number of likely N-dealkylation sites (tertiary alicyclic amines) is 1. The summed E-state index contributed by atoms with van der Waals surface area (Å²) in [5.41, 5.74) is -0.805. The molecule has 1 N–H and O–H groups in total. The summed E-state index contributed by atoms with van der Waals surface area (Å²) in [5.74, 6) is -0.323. The van der Waals surface area contributed by atoms with Crippen LogP contribution in [0.5, 0.6) is 0 Å². The molecule has 4 rings (SSSR count). The van der Waals surface area contributed by atoms with Gasteiger partial charge in [0.15, 0.2) is 0 Å². The van der Waals surface area contributed by atoms with Crippen molar-refractivity contribution in [3.05, 3.63) is 57.8 Å². The molecule has 1 aromatic heterocycles. The Bertz CT molecular complexity index is 866. The number of thiophene rings is 1. The van der Waals surface area contributed by atoms with Crippen molar-refractivity contribution >= 4 is 23.2 Å². The van der Waals surface area contributed by atoms with Gasteiger partial charge in [0.2, 0.25) is 0 Å². The molecule has 0 spiro atoms. The number of hydrogen-bond acceptors (Lipinski definition) is 3. The van der Waals surface area contributed by atoms with Crippen molar-refractivity contribution in [1.29, 1.82) is 0 Å². The Morgan fingerprint density at radius 1 is 1.15 bits per heavy atom. The van der Waals surface area contributed by atoms with E-state index in [4.69, 9.17) is 0 Å². The monoisotopic (exact) mass is 394 g/mol. The zero-order valence-electron chi connectivity index (χ0n) is 14.2. The summed E-state index contributed by atoms with van der Waals surface area (Å²) in [4.78, 5) is 27.4. The quantitative estimate of drug-likeness (QED) is 0.861. The maximum Gasteiger partial charge on any atom is 0.416 e. The Kier molecular flexibility index (Phi) is 4.46. The molecule has 1 aromatic carbocycles.